The fourth-order valence-electron chi connectivity index (χ4n) is 1.36. The highest BCUT2D eigenvalue weighted by molar-refractivity contribution is 6.72. The lowest BCUT2D eigenvalue weighted by Crippen LogP contribution is -2.34. The first-order chi connectivity index (χ1) is 9.09. The highest BCUT2D eigenvalue weighted by atomic mass is 28.4. The Kier molecular flexibility index (Phi) is 6.71. The monoisotopic (exact) mass is 346 g/mol. The van der Waals surface area contributed by atoms with Crippen molar-refractivity contribution < 1.29 is 18.1 Å². The molecular formula is C14H30O4Si3. The summed E-state index contributed by atoms with van der Waals surface area (Å²) in [5.41, 5.74) is 0. The molecule has 0 atom stereocenters. The van der Waals surface area contributed by atoms with Gasteiger partial charge >= 0.3 is 5.97 Å². The van der Waals surface area contributed by atoms with Crippen LogP contribution in [0.5, 0.6) is 0 Å². The third-order valence-corrected chi connectivity index (χ3v) is 4.25. The van der Waals surface area contributed by atoms with Crippen LogP contribution >= 0.6 is 0 Å². The third kappa shape index (κ3) is 11.5. The summed E-state index contributed by atoms with van der Waals surface area (Å²) < 4.78 is 17.1. The van der Waals surface area contributed by atoms with Crippen LogP contribution in [-0.2, 0) is 18.1 Å². The Hall–Kier alpha value is -0.799. The molecule has 0 saturated heterocycles. The van der Waals surface area contributed by atoms with E-state index in [1.807, 2.05) is 39.3 Å². The molecule has 0 spiro atoms. The van der Waals surface area contributed by atoms with Crippen molar-refractivity contribution >= 4 is 30.9 Å². The molecule has 0 aromatic rings. The van der Waals surface area contributed by atoms with E-state index in [0.29, 0.717) is 5.76 Å². The van der Waals surface area contributed by atoms with Crippen LogP contribution in [0, 0.1) is 0 Å². The van der Waals surface area contributed by atoms with Crippen LogP contribution in [-0.4, -0.2) is 30.9 Å². The van der Waals surface area contributed by atoms with E-state index in [2.05, 4.69) is 26.2 Å². The number of carbonyl (C=O) groups excluding carboxylic acids is 1. The van der Waals surface area contributed by atoms with Gasteiger partial charge in [0.25, 0.3) is 0 Å². The van der Waals surface area contributed by atoms with E-state index < -0.39 is 30.9 Å². The van der Waals surface area contributed by atoms with E-state index in [0.717, 1.165) is 0 Å². The van der Waals surface area contributed by atoms with Gasteiger partial charge in [-0.25, -0.2) is 4.79 Å². The Morgan fingerprint density at radius 2 is 1.14 bits per heavy atom. The largest absolute Gasteiger partial charge is 0.545 e. The molecule has 0 aromatic heterocycles. The SMILES string of the molecule is C=C(/C=C(\O[Si](C)(C)C)C(=O)O[Si](C)(C)C)O[Si](C)(C)C. The average Bonchev–Trinajstić information content (AvgIpc) is 2.07. The number of rotatable bonds is 7. The molecular weight excluding hydrogens is 316 g/mol. The van der Waals surface area contributed by atoms with Crippen molar-refractivity contribution in [3.05, 3.63) is 24.2 Å². The summed E-state index contributed by atoms with van der Waals surface area (Å²) in [5, 5.41) is 0. The molecule has 0 aliphatic rings. The maximum absolute atomic E-state index is 12.3. The van der Waals surface area contributed by atoms with E-state index in [9.17, 15) is 4.79 Å². The zero-order valence-corrected chi connectivity index (χ0v) is 17.9. The molecule has 0 aromatic carbocycles. The fraction of sp³-hybridized carbons (Fsp3) is 0.643. The minimum absolute atomic E-state index is 0.208. The Morgan fingerprint density at radius 1 is 0.762 bits per heavy atom. The summed E-state index contributed by atoms with van der Waals surface area (Å²) in [4.78, 5) is 12.3. The molecule has 0 unspecified atom stereocenters. The van der Waals surface area contributed by atoms with Gasteiger partial charge in [-0.3, -0.25) is 0 Å². The minimum atomic E-state index is -1.97. The molecule has 0 heterocycles. The Labute approximate surface area is 132 Å². The van der Waals surface area contributed by atoms with Crippen LogP contribution in [0.25, 0.3) is 0 Å². The van der Waals surface area contributed by atoms with Gasteiger partial charge < -0.3 is 13.3 Å². The van der Waals surface area contributed by atoms with Crippen molar-refractivity contribution in [2.45, 2.75) is 58.9 Å². The van der Waals surface area contributed by atoms with Gasteiger partial charge in [-0.2, -0.15) is 0 Å². The molecule has 7 heteroatoms. The van der Waals surface area contributed by atoms with Gasteiger partial charge in [0, 0.05) is 6.08 Å². The molecule has 0 aliphatic heterocycles. The van der Waals surface area contributed by atoms with E-state index in [-0.39, 0.29) is 5.76 Å². The van der Waals surface area contributed by atoms with Crippen molar-refractivity contribution in [3.63, 3.8) is 0 Å². The molecule has 21 heavy (non-hydrogen) atoms. The fourth-order valence-corrected chi connectivity index (χ4v) is 3.66. The van der Waals surface area contributed by atoms with Crippen LogP contribution in [0.15, 0.2) is 24.2 Å². The molecule has 0 radical (unpaired) electrons. The van der Waals surface area contributed by atoms with Gasteiger partial charge in [0.1, 0.15) is 0 Å². The van der Waals surface area contributed by atoms with Gasteiger partial charge in [0.2, 0.25) is 25.0 Å². The van der Waals surface area contributed by atoms with Gasteiger partial charge in [0.15, 0.2) is 5.76 Å². The maximum Gasteiger partial charge on any atom is 0.359 e. The summed E-state index contributed by atoms with van der Waals surface area (Å²) in [6.45, 7) is 22.0. The normalized spacial score (nSPS) is 13.7. The molecule has 4 nitrogen and oxygen atoms in total. The summed E-state index contributed by atoms with van der Waals surface area (Å²) in [6.07, 6.45) is 1.57. The van der Waals surface area contributed by atoms with E-state index in [4.69, 9.17) is 13.3 Å². The zero-order chi connectivity index (χ0) is 17.1. The second-order valence-electron chi connectivity index (χ2n) is 7.91. The Morgan fingerprint density at radius 3 is 1.48 bits per heavy atom. The predicted molar refractivity (Wildman–Crippen MR) is 95.5 cm³/mol. The van der Waals surface area contributed by atoms with Crippen molar-refractivity contribution in [1.29, 1.82) is 0 Å². The number of carbonyl (C=O) groups is 1. The van der Waals surface area contributed by atoms with E-state index in [1.54, 1.807) is 6.08 Å². The summed E-state index contributed by atoms with van der Waals surface area (Å²) in [5.74, 6) is 0.242. The summed E-state index contributed by atoms with van der Waals surface area (Å²) in [6, 6.07) is 0. The third-order valence-electron chi connectivity index (χ3n) is 1.75. The average molecular weight is 347 g/mol. The summed E-state index contributed by atoms with van der Waals surface area (Å²) in [7, 11) is -5.66. The highest BCUT2D eigenvalue weighted by Crippen LogP contribution is 2.18. The van der Waals surface area contributed by atoms with Crippen LogP contribution in [0.3, 0.4) is 0 Å². The molecule has 0 bridgehead atoms. The first-order valence-corrected chi connectivity index (χ1v) is 17.3. The van der Waals surface area contributed by atoms with Crippen LogP contribution in [0.4, 0.5) is 0 Å². The summed E-state index contributed by atoms with van der Waals surface area (Å²) >= 11 is 0. The van der Waals surface area contributed by atoms with Gasteiger partial charge in [0.05, 0.1) is 5.76 Å². The van der Waals surface area contributed by atoms with Crippen LogP contribution in [0.1, 0.15) is 0 Å². The molecule has 0 saturated carbocycles. The first kappa shape index (κ1) is 20.2. The lowest BCUT2D eigenvalue weighted by molar-refractivity contribution is -0.133. The number of hydrogen-bond acceptors (Lipinski definition) is 4. The molecule has 0 N–H and O–H groups in total. The zero-order valence-electron chi connectivity index (χ0n) is 14.9. The number of hydrogen-bond donors (Lipinski definition) is 0. The predicted octanol–water partition coefficient (Wildman–Crippen LogP) is 4.47. The maximum atomic E-state index is 12.3. The van der Waals surface area contributed by atoms with Gasteiger partial charge in [-0.05, 0) is 58.9 Å². The molecule has 122 valence electrons. The highest BCUT2D eigenvalue weighted by Gasteiger charge is 2.28. The molecule has 0 aliphatic carbocycles. The van der Waals surface area contributed by atoms with E-state index in [1.165, 1.54) is 0 Å². The van der Waals surface area contributed by atoms with Crippen molar-refractivity contribution in [2.24, 2.45) is 0 Å². The topological polar surface area (TPSA) is 44.8 Å². The molecule has 0 rings (SSSR count). The van der Waals surface area contributed by atoms with Crippen molar-refractivity contribution in [1.82, 2.24) is 0 Å². The van der Waals surface area contributed by atoms with E-state index >= 15 is 0 Å². The van der Waals surface area contributed by atoms with Crippen molar-refractivity contribution in [3.8, 4) is 0 Å². The number of allylic oxidation sites excluding steroid dienone is 1. The lowest BCUT2D eigenvalue weighted by atomic mass is 10.4. The second kappa shape index (κ2) is 6.97. The molecule has 0 amide bonds. The molecule has 0 fully saturated rings. The lowest BCUT2D eigenvalue weighted by Gasteiger charge is -2.25. The van der Waals surface area contributed by atoms with Crippen molar-refractivity contribution in [2.75, 3.05) is 0 Å². The Balaban J connectivity index is 5.23. The minimum Gasteiger partial charge on any atom is -0.545 e. The first-order valence-electron chi connectivity index (χ1n) is 7.11. The van der Waals surface area contributed by atoms with Gasteiger partial charge in [-0.1, -0.05) is 6.58 Å². The van der Waals surface area contributed by atoms with Gasteiger partial charge in [-0.15, -0.1) is 0 Å². The smallest absolute Gasteiger partial charge is 0.359 e. The quantitative estimate of drug-likeness (QED) is 0.295. The van der Waals surface area contributed by atoms with Crippen LogP contribution in [0.2, 0.25) is 58.9 Å². The Bertz CT molecular complexity index is 423. The standard InChI is InChI=1S/C14H30O4Si3/c1-12(16-19(2,3)4)11-13(17-20(5,6)7)14(15)18-21(8,9)10/h11H,1H2,2-10H3/b13-11-. The second-order valence-corrected chi connectivity index (χ2v) is 21.2. The van der Waals surface area contributed by atoms with Crippen LogP contribution < -0.4 is 0 Å².